The molecular formula is C14H9Br2F3O. The normalized spacial score (nSPS) is 12.3. The zero-order valence-electron chi connectivity index (χ0n) is 10.3. The van der Waals surface area contributed by atoms with E-state index in [0.717, 1.165) is 18.2 Å². The van der Waals surface area contributed by atoms with Gasteiger partial charge in [0.2, 0.25) is 0 Å². The van der Waals surface area contributed by atoms with Crippen molar-refractivity contribution >= 4 is 31.9 Å². The molecule has 0 fully saturated rings. The van der Waals surface area contributed by atoms with Crippen molar-refractivity contribution in [1.82, 2.24) is 0 Å². The molecule has 106 valence electrons. The second-order valence-corrected chi connectivity index (χ2v) is 5.78. The minimum atomic E-state index is -0.796. The highest BCUT2D eigenvalue weighted by atomic mass is 79.9. The van der Waals surface area contributed by atoms with Crippen LogP contribution in [0, 0.1) is 17.5 Å². The standard InChI is InChI=1S/C14H9Br2F3O/c1-20-12-6-11(19)8(15)5-7(12)14(16)13-9(17)3-2-4-10(13)18/h2-6,14H,1H3. The summed E-state index contributed by atoms with van der Waals surface area (Å²) in [6.07, 6.45) is 0. The van der Waals surface area contributed by atoms with Crippen molar-refractivity contribution in [2.45, 2.75) is 4.83 Å². The molecule has 0 aliphatic heterocycles. The van der Waals surface area contributed by atoms with Crippen LogP contribution < -0.4 is 4.74 Å². The van der Waals surface area contributed by atoms with Crippen LogP contribution in [0.2, 0.25) is 0 Å². The van der Waals surface area contributed by atoms with Crippen molar-refractivity contribution in [3.05, 3.63) is 63.4 Å². The molecule has 0 aromatic heterocycles. The van der Waals surface area contributed by atoms with Gasteiger partial charge in [-0.3, -0.25) is 0 Å². The van der Waals surface area contributed by atoms with Crippen molar-refractivity contribution in [3.63, 3.8) is 0 Å². The Balaban J connectivity index is 2.59. The molecule has 2 aromatic carbocycles. The summed E-state index contributed by atoms with van der Waals surface area (Å²) in [6, 6.07) is 6.20. The Hall–Kier alpha value is -1.01. The summed E-state index contributed by atoms with van der Waals surface area (Å²) >= 11 is 6.29. The first kappa shape index (κ1) is 15.4. The van der Waals surface area contributed by atoms with Crippen molar-refractivity contribution < 1.29 is 17.9 Å². The number of hydrogen-bond donors (Lipinski definition) is 0. The first-order valence-corrected chi connectivity index (χ1v) is 7.27. The Labute approximate surface area is 131 Å². The third kappa shape index (κ3) is 2.86. The molecule has 20 heavy (non-hydrogen) atoms. The van der Waals surface area contributed by atoms with Crippen LogP contribution in [0.1, 0.15) is 16.0 Å². The van der Waals surface area contributed by atoms with Gasteiger partial charge in [-0.15, -0.1) is 0 Å². The highest BCUT2D eigenvalue weighted by molar-refractivity contribution is 9.10. The van der Waals surface area contributed by atoms with Crippen molar-refractivity contribution in [2.75, 3.05) is 7.11 Å². The molecule has 0 bridgehead atoms. The van der Waals surface area contributed by atoms with Crippen LogP contribution in [0.4, 0.5) is 13.2 Å². The molecule has 0 aliphatic carbocycles. The SMILES string of the molecule is COc1cc(F)c(Br)cc1C(Br)c1c(F)cccc1F. The lowest BCUT2D eigenvalue weighted by Gasteiger charge is -2.16. The van der Waals surface area contributed by atoms with Crippen LogP contribution in [0.5, 0.6) is 5.75 Å². The van der Waals surface area contributed by atoms with E-state index < -0.39 is 22.3 Å². The molecule has 0 saturated heterocycles. The summed E-state index contributed by atoms with van der Waals surface area (Å²) in [5, 5.41) is 0. The third-order valence-corrected chi connectivity index (χ3v) is 4.36. The number of halogens is 5. The van der Waals surface area contributed by atoms with Crippen LogP contribution in [-0.2, 0) is 0 Å². The lowest BCUT2D eigenvalue weighted by atomic mass is 10.0. The van der Waals surface area contributed by atoms with E-state index in [-0.39, 0.29) is 15.8 Å². The summed E-state index contributed by atoms with van der Waals surface area (Å²) < 4.78 is 46.3. The number of rotatable bonds is 3. The first-order valence-electron chi connectivity index (χ1n) is 5.56. The van der Waals surface area contributed by atoms with Gasteiger partial charge >= 0.3 is 0 Å². The fourth-order valence-electron chi connectivity index (χ4n) is 1.83. The Kier molecular flexibility index (Phi) is 4.75. The van der Waals surface area contributed by atoms with Gasteiger partial charge in [0.15, 0.2) is 0 Å². The first-order chi connectivity index (χ1) is 9.45. The maximum Gasteiger partial charge on any atom is 0.141 e. The van der Waals surface area contributed by atoms with Gasteiger partial charge in [-0.1, -0.05) is 22.0 Å². The zero-order chi connectivity index (χ0) is 14.9. The van der Waals surface area contributed by atoms with E-state index in [1.807, 2.05) is 0 Å². The third-order valence-electron chi connectivity index (χ3n) is 2.80. The summed E-state index contributed by atoms with van der Waals surface area (Å²) in [6.45, 7) is 0. The van der Waals surface area contributed by atoms with Crippen molar-refractivity contribution in [3.8, 4) is 5.75 Å². The molecule has 6 heteroatoms. The molecule has 2 aromatic rings. The minimum absolute atomic E-state index is 0.149. The lowest BCUT2D eigenvalue weighted by molar-refractivity contribution is 0.406. The fourth-order valence-corrected chi connectivity index (χ4v) is 2.98. The molecule has 0 saturated carbocycles. The van der Waals surface area contributed by atoms with E-state index in [4.69, 9.17) is 4.74 Å². The summed E-state index contributed by atoms with van der Waals surface area (Å²) in [5.74, 6) is -1.68. The Morgan fingerprint density at radius 1 is 1.05 bits per heavy atom. The monoisotopic (exact) mass is 408 g/mol. The van der Waals surface area contributed by atoms with Gasteiger partial charge in [-0.2, -0.15) is 0 Å². The molecular weight excluding hydrogens is 401 g/mol. The molecule has 0 radical (unpaired) electrons. The van der Waals surface area contributed by atoms with Gasteiger partial charge in [0.25, 0.3) is 0 Å². The van der Waals surface area contributed by atoms with E-state index in [9.17, 15) is 13.2 Å². The Bertz CT molecular complexity index is 626. The van der Waals surface area contributed by atoms with Crippen LogP contribution in [0.25, 0.3) is 0 Å². The number of alkyl halides is 1. The van der Waals surface area contributed by atoms with Crippen LogP contribution in [0.15, 0.2) is 34.8 Å². The minimum Gasteiger partial charge on any atom is -0.496 e. The largest absolute Gasteiger partial charge is 0.496 e. The summed E-state index contributed by atoms with van der Waals surface area (Å²) in [5.41, 5.74) is 0.272. The van der Waals surface area contributed by atoms with E-state index in [0.29, 0.717) is 5.56 Å². The molecule has 1 nitrogen and oxygen atoms in total. The molecule has 0 amide bonds. The highest BCUT2D eigenvalue weighted by Crippen LogP contribution is 2.40. The van der Waals surface area contributed by atoms with Gasteiger partial charge in [0.1, 0.15) is 23.2 Å². The number of benzene rings is 2. The van der Waals surface area contributed by atoms with Gasteiger partial charge in [-0.05, 0) is 34.1 Å². The molecule has 1 atom stereocenters. The molecule has 0 heterocycles. The average Bonchev–Trinajstić information content (AvgIpc) is 2.41. The second kappa shape index (κ2) is 6.18. The molecule has 1 unspecified atom stereocenters. The molecule has 0 aliphatic rings. The maximum atomic E-state index is 13.8. The predicted molar refractivity (Wildman–Crippen MR) is 77.8 cm³/mol. The van der Waals surface area contributed by atoms with E-state index in [2.05, 4.69) is 31.9 Å². The van der Waals surface area contributed by atoms with Crippen molar-refractivity contribution in [2.24, 2.45) is 0 Å². The quantitative estimate of drug-likeness (QED) is 0.620. The second-order valence-electron chi connectivity index (χ2n) is 4.01. The number of methoxy groups -OCH3 is 1. The van der Waals surface area contributed by atoms with Crippen LogP contribution in [-0.4, -0.2) is 7.11 Å². The topological polar surface area (TPSA) is 9.23 Å². The lowest BCUT2D eigenvalue weighted by Crippen LogP contribution is -2.03. The maximum absolute atomic E-state index is 13.8. The van der Waals surface area contributed by atoms with Gasteiger partial charge < -0.3 is 4.74 Å². The van der Waals surface area contributed by atoms with E-state index in [1.54, 1.807) is 0 Å². The van der Waals surface area contributed by atoms with E-state index in [1.165, 1.54) is 19.2 Å². The zero-order valence-corrected chi connectivity index (χ0v) is 13.4. The van der Waals surface area contributed by atoms with Gasteiger partial charge in [0.05, 0.1) is 16.4 Å². The van der Waals surface area contributed by atoms with E-state index >= 15 is 0 Å². The predicted octanol–water partition coefficient (Wildman–Crippen LogP) is 5.36. The highest BCUT2D eigenvalue weighted by Gasteiger charge is 2.23. The van der Waals surface area contributed by atoms with Crippen LogP contribution in [0.3, 0.4) is 0 Å². The smallest absolute Gasteiger partial charge is 0.141 e. The van der Waals surface area contributed by atoms with Crippen LogP contribution >= 0.6 is 31.9 Å². The summed E-state index contributed by atoms with van der Waals surface area (Å²) in [4.78, 5) is -0.796. The summed E-state index contributed by atoms with van der Waals surface area (Å²) in [7, 11) is 1.36. The fraction of sp³-hybridized carbons (Fsp3) is 0.143. The molecule has 0 spiro atoms. The van der Waals surface area contributed by atoms with Gasteiger partial charge in [-0.25, -0.2) is 13.2 Å². The number of hydrogen-bond acceptors (Lipinski definition) is 1. The van der Waals surface area contributed by atoms with Gasteiger partial charge in [0, 0.05) is 17.2 Å². The average molecular weight is 410 g/mol. The number of ether oxygens (including phenoxy) is 1. The van der Waals surface area contributed by atoms with Crippen molar-refractivity contribution in [1.29, 1.82) is 0 Å². The Morgan fingerprint density at radius 3 is 2.20 bits per heavy atom. The molecule has 2 rings (SSSR count). The Morgan fingerprint density at radius 2 is 1.65 bits per heavy atom. The molecule has 0 N–H and O–H groups in total.